The van der Waals surface area contributed by atoms with Gasteiger partial charge >= 0.3 is 11.9 Å². The predicted octanol–water partition coefficient (Wildman–Crippen LogP) is 3.60. The molecule has 0 radical (unpaired) electrons. The quantitative estimate of drug-likeness (QED) is 0.453. The Labute approximate surface area is 174 Å². The maximum atomic E-state index is 12.3. The normalized spacial score (nSPS) is 11.9. The molecule has 1 aliphatic rings. The summed E-state index contributed by atoms with van der Waals surface area (Å²) in [7, 11) is 0. The summed E-state index contributed by atoms with van der Waals surface area (Å²) in [5.41, 5.74) is 1.26. The molecule has 1 aromatic heterocycles. The fraction of sp³-hybridized carbons (Fsp3) is 0.143. The second-order valence-corrected chi connectivity index (χ2v) is 7.41. The molecule has 2 aromatic carbocycles. The van der Waals surface area contributed by atoms with Crippen molar-refractivity contribution < 1.29 is 38.7 Å². The highest BCUT2D eigenvalue weighted by atomic mass is 32.1. The van der Waals surface area contributed by atoms with Gasteiger partial charge in [0.05, 0.1) is 0 Å². The van der Waals surface area contributed by atoms with Crippen LogP contribution in [0.2, 0.25) is 0 Å². The average Bonchev–Trinajstić information content (AvgIpc) is 3.42. The lowest BCUT2D eigenvalue weighted by Gasteiger charge is -2.05. The second kappa shape index (κ2) is 8.34. The van der Waals surface area contributed by atoms with E-state index in [0.717, 1.165) is 16.9 Å². The minimum Gasteiger partial charge on any atom is -0.504 e. The van der Waals surface area contributed by atoms with E-state index < -0.39 is 11.9 Å². The molecule has 8 nitrogen and oxygen atoms in total. The third-order valence-electron chi connectivity index (χ3n) is 4.23. The lowest BCUT2D eigenvalue weighted by Crippen LogP contribution is -2.04. The van der Waals surface area contributed by atoms with Crippen LogP contribution in [0.5, 0.6) is 23.0 Å². The van der Waals surface area contributed by atoms with Gasteiger partial charge in [-0.15, -0.1) is 11.3 Å². The molecule has 0 saturated carbocycles. The van der Waals surface area contributed by atoms with E-state index in [1.165, 1.54) is 30.3 Å². The van der Waals surface area contributed by atoms with Gasteiger partial charge in [0.2, 0.25) is 6.79 Å². The van der Waals surface area contributed by atoms with Crippen LogP contribution >= 0.6 is 11.3 Å². The van der Waals surface area contributed by atoms with E-state index in [4.69, 9.17) is 18.9 Å². The highest BCUT2D eigenvalue weighted by Crippen LogP contribution is 2.32. The largest absolute Gasteiger partial charge is 0.504 e. The highest BCUT2D eigenvalue weighted by Gasteiger charge is 2.18. The molecule has 0 atom stereocenters. The zero-order valence-electron chi connectivity index (χ0n) is 15.5. The molecule has 2 heterocycles. The molecule has 0 saturated heterocycles. The summed E-state index contributed by atoms with van der Waals surface area (Å²) in [6.07, 6.45) is 0. The molecular weight excluding hydrogens is 412 g/mol. The van der Waals surface area contributed by atoms with Crippen molar-refractivity contribution in [1.82, 2.24) is 0 Å². The SMILES string of the molecule is O=C(OCc1ccc(O)c(O)c1)c1ccc(C(=O)OCc2ccc3c(c2)OCO3)s1. The number of fused-ring (bicyclic) bond motifs is 1. The molecule has 1 aliphatic heterocycles. The molecule has 9 heteroatoms. The first-order valence-corrected chi connectivity index (χ1v) is 9.65. The van der Waals surface area contributed by atoms with Crippen LogP contribution in [0.15, 0.2) is 48.5 Å². The standard InChI is InChI=1S/C21H16O8S/c22-14-3-1-12(7-15(14)23)9-26-20(24)18-5-6-19(30-18)21(25)27-10-13-2-4-16-17(8-13)29-11-28-16/h1-8,22-23H,9-11H2. The third-order valence-corrected chi connectivity index (χ3v) is 5.27. The Morgan fingerprint density at radius 3 is 2.07 bits per heavy atom. The first-order valence-electron chi connectivity index (χ1n) is 8.83. The van der Waals surface area contributed by atoms with Crippen LogP contribution in [0.25, 0.3) is 0 Å². The van der Waals surface area contributed by atoms with E-state index in [9.17, 15) is 19.8 Å². The van der Waals surface area contributed by atoms with Crippen molar-refractivity contribution >= 4 is 23.3 Å². The van der Waals surface area contributed by atoms with E-state index in [1.807, 2.05) is 0 Å². The second-order valence-electron chi connectivity index (χ2n) is 6.33. The van der Waals surface area contributed by atoms with Crippen molar-refractivity contribution in [2.45, 2.75) is 13.2 Å². The number of hydrogen-bond donors (Lipinski definition) is 2. The Bertz CT molecular complexity index is 1100. The van der Waals surface area contributed by atoms with E-state index >= 15 is 0 Å². The molecule has 2 N–H and O–H groups in total. The number of ether oxygens (including phenoxy) is 4. The molecule has 30 heavy (non-hydrogen) atoms. The van der Waals surface area contributed by atoms with Gasteiger partial charge in [0, 0.05) is 0 Å². The van der Waals surface area contributed by atoms with Gasteiger partial charge < -0.3 is 29.2 Å². The maximum absolute atomic E-state index is 12.3. The minimum absolute atomic E-state index is 0.0531. The number of esters is 2. The predicted molar refractivity (Wildman–Crippen MR) is 105 cm³/mol. The zero-order valence-corrected chi connectivity index (χ0v) is 16.3. The van der Waals surface area contributed by atoms with E-state index in [-0.39, 0.29) is 41.3 Å². The van der Waals surface area contributed by atoms with Crippen LogP contribution < -0.4 is 9.47 Å². The molecule has 3 aromatic rings. The number of aromatic hydroxyl groups is 2. The molecule has 0 unspecified atom stereocenters. The molecule has 154 valence electrons. The van der Waals surface area contributed by atoms with Crippen molar-refractivity contribution in [2.75, 3.05) is 6.79 Å². The number of thiophene rings is 1. The molecular formula is C21H16O8S. The van der Waals surface area contributed by atoms with Crippen molar-refractivity contribution in [1.29, 1.82) is 0 Å². The van der Waals surface area contributed by atoms with Gasteiger partial charge in [0.1, 0.15) is 23.0 Å². The molecule has 4 rings (SSSR count). The number of carbonyl (C=O) groups is 2. The molecule has 0 aliphatic carbocycles. The number of phenolic OH excluding ortho intramolecular Hbond substituents is 2. The Morgan fingerprint density at radius 1 is 0.800 bits per heavy atom. The van der Waals surface area contributed by atoms with Crippen molar-refractivity contribution in [3.8, 4) is 23.0 Å². The van der Waals surface area contributed by atoms with Gasteiger partial charge in [-0.1, -0.05) is 12.1 Å². The Balaban J connectivity index is 1.31. The summed E-state index contributed by atoms with van der Waals surface area (Å²) in [5.74, 6) is -0.470. The van der Waals surface area contributed by atoms with Gasteiger partial charge in [-0.05, 0) is 47.5 Å². The first-order chi connectivity index (χ1) is 14.5. The highest BCUT2D eigenvalue weighted by molar-refractivity contribution is 7.15. The van der Waals surface area contributed by atoms with Crippen LogP contribution in [0.1, 0.15) is 30.5 Å². The van der Waals surface area contributed by atoms with Gasteiger partial charge in [-0.25, -0.2) is 9.59 Å². The number of benzene rings is 2. The summed E-state index contributed by atoms with van der Waals surface area (Å²) in [4.78, 5) is 25.0. The Hall–Kier alpha value is -3.72. The minimum atomic E-state index is -0.609. The van der Waals surface area contributed by atoms with Gasteiger partial charge in [-0.2, -0.15) is 0 Å². The van der Waals surface area contributed by atoms with E-state index in [1.54, 1.807) is 18.2 Å². The van der Waals surface area contributed by atoms with Gasteiger partial charge in [0.15, 0.2) is 23.0 Å². The fourth-order valence-corrected chi connectivity index (χ4v) is 3.48. The molecule has 0 fully saturated rings. The molecule has 0 amide bonds. The maximum Gasteiger partial charge on any atom is 0.348 e. The van der Waals surface area contributed by atoms with Crippen molar-refractivity contribution in [3.63, 3.8) is 0 Å². The zero-order chi connectivity index (χ0) is 21.1. The number of phenols is 2. The summed E-state index contributed by atoms with van der Waals surface area (Å²) in [6, 6.07) is 12.4. The monoisotopic (exact) mass is 428 g/mol. The lowest BCUT2D eigenvalue weighted by molar-refractivity contribution is 0.0471. The summed E-state index contributed by atoms with van der Waals surface area (Å²) in [5, 5.41) is 18.8. The van der Waals surface area contributed by atoms with E-state index in [0.29, 0.717) is 17.1 Å². The van der Waals surface area contributed by atoms with Crippen LogP contribution in [-0.4, -0.2) is 28.9 Å². The topological polar surface area (TPSA) is 112 Å². The van der Waals surface area contributed by atoms with Crippen LogP contribution in [0, 0.1) is 0 Å². The Kier molecular flexibility index (Phi) is 5.44. The lowest BCUT2D eigenvalue weighted by atomic mass is 10.2. The number of rotatable bonds is 6. The Morgan fingerprint density at radius 2 is 1.40 bits per heavy atom. The van der Waals surface area contributed by atoms with Crippen LogP contribution in [0.4, 0.5) is 0 Å². The smallest absolute Gasteiger partial charge is 0.348 e. The third kappa shape index (κ3) is 4.31. The van der Waals surface area contributed by atoms with Crippen molar-refractivity contribution in [2.24, 2.45) is 0 Å². The van der Waals surface area contributed by atoms with Crippen molar-refractivity contribution in [3.05, 3.63) is 69.4 Å². The summed E-state index contributed by atoms with van der Waals surface area (Å²) in [6.45, 7) is 0.131. The first kappa shape index (κ1) is 19.6. The summed E-state index contributed by atoms with van der Waals surface area (Å²) < 4.78 is 21.0. The molecule has 0 bridgehead atoms. The molecule has 0 spiro atoms. The van der Waals surface area contributed by atoms with Gasteiger partial charge in [-0.3, -0.25) is 0 Å². The van der Waals surface area contributed by atoms with E-state index in [2.05, 4.69) is 0 Å². The van der Waals surface area contributed by atoms with Gasteiger partial charge in [0.25, 0.3) is 0 Å². The number of carbonyl (C=O) groups excluding carboxylic acids is 2. The number of hydrogen-bond acceptors (Lipinski definition) is 9. The fourth-order valence-electron chi connectivity index (χ4n) is 2.69. The summed E-state index contributed by atoms with van der Waals surface area (Å²) >= 11 is 0.962. The van der Waals surface area contributed by atoms with Crippen LogP contribution in [-0.2, 0) is 22.7 Å². The van der Waals surface area contributed by atoms with Crippen LogP contribution in [0.3, 0.4) is 0 Å². The average molecular weight is 428 g/mol.